The van der Waals surface area contributed by atoms with E-state index in [-0.39, 0.29) is 6.10 Å². The summed E-state index contributed by atoms with van der Waals surface area (Å²) in [6.45, 7) is 2.01. The molecule has 1 aliphatic carbocycles. The highest BCUT2D eigenvalue weighted by molar-refractivity contribution is 5.75. The Morgan fingerprint density at radius 3 is 2.71 bits per heavy atom. The summed E-state index contributed by atoms with van der Waals surface area (Å²) < 4.78 is 12.8. The first kappa shape index (κ1) is 12.1. The van der Waals surface area contributed by atoms with Crippen molar-refractivity contribution in [2.24, 2.45) is 7.05 Å². The van der Waals surface area contributed by atoms with Crippen LogP contribution in [-0.2, 0) is 16.5 Å². The molecule has 0 N–H and O–H groups in total. The van der Waals surface area contributed by atoms with Gasteiger partial charge in [-0.1, -0.05) is 12.2 Å². The summed E-state index contributed by atoms with van der Waals surface area (Å²) in [6.07, 6.45) is 9.92. The minimum Gasteiger partial charge on any atom is -0.374 e. The second-order valence-corrected chi connectivity index (χ2v) is 4.41. The quantitative estimate of drug-likeness (QED) is 0.800. The zero-order valence-electron chi connectivity index (χ0n) is 10.7. The average molecular weight is 234 g/mol. The second-order valence-electron chi connectivity index (χ2n) is 4.41. The van der Waals surface area contributed by atoms with E-state index in [1.165, 1.54) is 0 Å². The number of hydrogen-bond donors (Lipinski definition) is 0. The standard InChI is InChI=1S/C13H18N2O2/c1-13(17-4)7-10(5-6-12(13)16-3)11-8-14-15(2)9-11/h5-9,12H,1-4H3. The Kier molecular flexibility index (Phi) is 3.17. The van der Waals surface area contributed by atoms with Gasteiger partial charge in [-0.15, -0.1) is 0 Å². The summed E-state index contributed by atoms with van der Waals surface area (Å²) in [5, 5.41) is 4.17. The number of methoxy groups -OCH3 is 2. The molecule has 92 valence electrons. The van der Waals surface area contributed by atoms with Crippen molar-refractivity contribution in [3.63, 3.8) is 0 Å². The van der Waals surface area contributed by atoms with Crippen LogP contribution in [0.2, 0.25) is 0 Å². The number of hydrogen-bond acceptors (Lipinski definition) is 3. The van der Waals surface area contributed by atoms with Crippen molar-refractivity contribution in [1.82, 2.24) is 9.78 Å². The Bertz CT molecular complexity index is 462. The lowest BCUT2D eigenvalue weighted by Gasteiger charge is -2.34. The highest BCUT2D eigenvalue weighted by Crippen LogP contribution is 2.31. The number of allylic oxidation sites excluding steroid dienone is 2. The van der Waals surface area contributed by atoms with Gasteiger partial charge < -0.3 is 9.47 Å². The van der Waals surface area contributed by atoms with Crippen LogP contribution in [0.5, 0.6) is 0 Å². The van der Waals surface area contributed by atoms with Crippen molar-refractivity contribution in [2.75, 3.05) is 14.2 Å². The predicted molar refractivity (Wildman–Crippen MR) is 66.5 cm³/mol. The number of nitrogens with zero attached hydrogens (tertiary/aromatic N) is 2. The predicted octanol–water partition coefficient (Wildman–Crippen LogP) is 1.79. The zero-order chi connectivity index (χ0) is 12.5. The molecule has 4 heteroatoms. The molecule has 4 nitrogen and oxygen atoms in total. The lowest BCUT2D eigenvalue weighted by Crippen LogP contribution is -2.41. The number of ether oxygens (including phenoxy) is 2. The lowest BCUT2D eigenvalue weighted by molar-refractivity contribution is -0.0537. The zero-order valence-corrected chi connectivity index (χ0v) is 10.7. The van der Waals surface area contributed by atoms with Crippen molar-refractivity contribution < 1.29 is 9.47 Å². The van der Waals surface area contributed by atoms with Crippen LogP contribution in [0.4, 0.5) is 0 Å². The van der Waals surface area contributed by atoms with Crippen LogP contribution in [0.15, 0.2) is 30.6 Å². The fourth-order valence-corrected chi connectivity index (χ4v) is 2.06. The molecule has 0 saturated carbocycles. The Labute approximate surface area is 102 Å². The summed E-state index contributed by atoms with van der Waals surface area (Å²) in [4.78, 5) is 0. The first-order chi connectivity index (χ1) is 8.09. The van der Waals surface area contributed by atoms with E-state index in [0.717, 1.165) is 11.1 Å². The van der Waals surface area contributed by atoms with Gasteiger partial charge in [-0.05, 0) is 18.6 Å². The summed E-state index contributed by atoms with van der Waals surface area (Å²) in [6, 6.07) is 0. The maximum atomic E-state index is 5.56. The molecule has 0 radical (unpaired) electrons. The molecule has 17 heavy (non-hydrogen) atoms. The Balaban J connectivity index is 2.35. The van der Waals surface area contributed by atoms with Gasteiger partial charge in [0.25, 0.3) is 0 Å². The van der Waals surface area contributed by atoms with Crippen molar-refractivity contribution in [3.05, 3.63) is 36.2 Å². The van der Waals surface area contributed by atoms with Gasteiger partial charge in [-0.3, -0.25) is 4.68 Å². The minimum atomic E-state index is -0.436. The summed E-state index contributed by atoms with van der Waals surface area (Å²) in [5.74, 6) is 0. The Morgan fingerprint density at radius 2 is 2.18 bits per heavy atom. The smallest absolute Gasteiger partial charge is 0.114 e. The highest BCUT2D eigenvalue weighted by atomic mass is 16.5. The number of rotatable bonds is 3. The van der Waals surface area contributed by atoms with Crippen LogP contribution in [0.3, 0.4) is 0 Å². The molecule has 0 spiro atoms. The monoisotopic (exact) mass is 234 g/mol. The van der Waals surface area contributed by atoms with Gasteiger partial charge in [-0.2, -0.15) is 5.10 Å². The first-order valence-electron chi connectivity index (χ1n) is 5.57. The Morgan fingerprint density at radius 1 is 1.41 bits per heavy atom. The molecule has 0 aliphatic heterocycles. The largest absolute Gasteiger partial charge is 0.374 e. The van der Waals surface area contributed by atoms with Gasteiger partial charge in [0.15, 0.2) is 0 Å². The van der Waals surface area contributed by atoms with E-state index in [1.54, 1.807) is 18.9 Å². The fourth-order valence-electron chi connectivity index (χ4n) is 2.06. The third kappa shape index (κ3) is 2.18. The summed E-state index contributed by atoms with van der Waals surface area (Å²) in [7, 11) is 5.29. The molecule has 0 amide bonds. The van der Waals surface area contributed by atoms with Crippen molar-refractivity contribution in [3.8, 4) is 0 Å². The molecule has 0 bridgehead atoms. The molecule has 0 saturated heterocycles. The van der Waals surface area contributed by atoms with Gasteiger partial charge in [0.1, 0.15) is 11.7 Å². The topological polar surface area (TPSA) is 36.3 Å². The van der Waals surface area contributed by atoms with Gasteiger partial charge in [-0.25, -0.2) is 0 Å². The average Bonchev–Trinajstić information content (AvgIpc) is 2.76. The molecule has 2 unspecified atom stereocenters. The Hall–Kier alpha value is -1.39. The molecule has 1 aromatic heterocycles. The third-order valence-electron chi connectivity index (χ3n) is 3.19. The summed E-state index contributed by atoms with van der Waals surface area (Å²) >= 11 is 0. The van der Waals surface area contributed by atoms with Gasteiger partial charge >= 0.3 is 0 Å². The molecule has 0 fully saturated rings. The van der Waals surface area contributed by atoms with E-state index in [2.05, 4.69) is 11.2 Å². The van der Waals surface area contributed by atoms with Crippen molar-refractivity contribution in [1.29, 1.82) is 0 Å². The van der Waals surface area contributed by atoms with E-state index in [0.29, 0.717) is 0 Å². The van der Waals surface area contributed by atoms with Gasteiger partial charge in [0.05, 0.1) is 6.20 Å². The van der Waals surface area contributed by atoms with Crippen LogP contribution in [0.1, 0.15) is 12.5 Å². The van der Waals surface area contributed by atoms with E-state index in [4.69, 9.17) is 9.47 Å². The van der Waals surface area contributed by atoms with Crippen LogP contribution < -0.4 is 0 Å². The van der Waals surface area contributed by atoms with E-state index in [9.17, 15) is 0 Å². The molecule has 2 rings (SSSR count). The normalized spacial score (nSPS) is 28.2. The van der Waals surface area contributed by atoms with E-state index >= 15 is 0 Å². The van der Waals surface area contributed by atoms with Gasteiger partial charge in [0, 0.05) is 33.0 Å². The first-order valence-corrected chi connectivity index (χ1v) is 5.57. The maximum Gasteiger partial charge on any atom is 0.114 e. The molecule has 0 aromatic carbocycles. The van der Waals surface area contributed by atoms with E-state index < -0.39 is 5.60 Å². The molecule has 1 aliphatic rings. The molecular formula is C13H18N2O2. The van der Waals surface area contributed by atoms with Crippen LogP contribution >= 0.6 is 0 Å². The minimum absolute atomic E-state index is 0.0621. The molecule has 1 aromatic rings. The number of aromatic nitrogens is 2. The fraction of sp³-hybridized carbons (Fsp3) is 0.462. The van der Waals surface area contributed by atoms with E-state index in [1.807, 2.05) is 38.5 Å². The molecule has 2 atom stereocenters. The summed E-state index contributed by atoms with van der Waals surface area (Å²) in [5.41, 5.74) is 1.76. The van der Waals surface area contributed by atoms with Crippen LogP contribution in [0.25, 0.3) is 5.57 Å². The van der Waals surface area contributed by atoms with Gasteiger partial charge in [0.2, 0.25) is 0 Å². The van der Waals surface area contributed by atoms with Crippen molar-refractivity contribution in [2.45, 2.75) is 18.6 Å². The van der Waals surface area contributed by atoms with Crippen LogP contribution in [-0.4, -0.2) is 35.7 Å². The molecule has 1 heterocycles. The number of aryl methyl sites for hydroxylation is 1. The van der Waals surface area contributed by atoms with Crippen LogP contribution in [0, 0.1) is 0 Å². The third-order valence-corrected chi connectivity index (χ3v) is 3.19. The lowest BCUT2D eigenvalue weighted by atomic mass is 9.88. The van der Waals surface area contributed by atoms with Crippen molar-refractivity contribution >= 4 is 5.57 Å². The second kappa shape index (κ2) is 4.47. The SMILES string of the molecule is COC1C=CC(c2cnn(C)c2)=CC1(C)OC. The maximum absolute atomic E-state index is 5.56. The highest BCUT2D eigenvalue weighted by Gasteiger charge is 2.33. The molecular weight excluding hydrogens is 216 g/mol.